The Bertz CT molecular complexity index is 642. The van der Waals surface area contributed by atoms with Crippen molar-refractivity contribution in [2.75, 3.05) is 11.9 Å². The number of carbonyl (C=O) groups is 2. The zero-order chi connectivity index (χ0) is 15.2. The van der Waals surface area contributed by atoms with Crippen LogP contribution in [0.1, 0.15) is 21.2 Å². The smallest absolute Gasteiger partial charge is 0.319 e. The number of hydrogen-bond donors (Lipinski definition) is 3. The van der Waals surface area contributed by atoms with Crippen LogP contribution in [0.2, 0.25) is 0 Å². The summed E-state index contributed by atoms with van der Waals surface area (Å²) in [5, 5.41) is 8.27. The van der Waals surface area contributed by atoms with Crippen LogP contribution in [0.5, 0.6) is 0 Å². The second kappa shape index (κ2) is 6.80. The summed E-state index contributed by atoms with van der Waals surface area (Å²) in [7, 11) is 0. The monoisotopic (exact) mass is 305 g/mol. The molecule has 3 amide bonds. The standard InChI is InChI=1S/C13H15N5O2S/c1-8-9(2-3-10(17-8)12(14)19)18-13(20)16-5-4-11-15-6-7-21-11/h2-3,6-7H,4-5H2,1H3,(H2,14,19)(H2,16,18,20). The van der Waals surface area contributed by atoms with Crippen molar-refractivity contribution in [3.63, 3.8) is 0 Å². The second-order valence-electron chi connectivity index (χ2n) is 4.25. The number of rotatable bonds is 5. The minimum atomic E-state index is -0.599. The molecule has 2 heterocycles. The number of amides is 3. The molecule has 0 aromatic carbocycles. The normalized spacial score (nSPS) is 10.1. The third-order valence-corrected chi connectivity index (χ3v) is 3.53. The lowest BCUT2D eigenvalue weighted by atomic mass is 10.2. The molecular weight excluding hydrogens is 290 g/mol. The van der Waals surface area contributed by atoms with Gasteiger partial charge >= 0.3 is 6.03 Å². The van der Waals surface area contributed by atoms with Crippen LogP contribution in [0.3, 0.4) is 0 Å². The molecule has 0 aliphatic carbocycles. The van der Waals surface area contributed by atoms with Crippen LogP contribution in [0, 0.1) is 6.92 Å². The van der Waals surface area contributed by atoms with Crippen molar-refractivity contribution in [1.29, 1.82) is 0 Å². The van der Waals surface area contributed by atoms with Crippen molar-refractivity contribution in [1.82, 2.24) is 15.3 Å². The third kappa shape index (κ3) is 4.25. The van der Waals surface area contributed by atoms with Crippen molar-refractivity contribution < 1.29 is 9.59 Å². The second-order valence-corrected chi connectivity index (χ2v) is 5.23. The van der Waals surface area contributed by atoms with Gasteiger partial charge in [0.2, 0.25) is 0 Å². The highest BCUT2D eigenvalue weighted by molar-refractivity contribution is 7.09. The summed E-state index contributed by atoms with van der Waals surface area (Å²) < 4.78 is 0. The van der Waals surface area contributed by atoms with Gasteiger partial charge in [-0.25, -0.2) is 14.8 Å². The van der Waals surface area contributed by atoms with Gasteiger partial charge in [0.15, 0.2) is 0 Å². The fourth-order valence-corrected chi connectivity index (χ4v) is 2.28. The van der Waals surface area contributed by atoms with E-state index in [1.54, 1.807) is 30.5 Å². The van der Waals surface area contributed by atoms with Gasteiger partial charge < -0.3 is 16.4 Å². The molecule has 2 aromatic rings. The molecule has 8 heteroatoms. The molecule has 0 radical (unpaired) electrons. The maximum absolute atomic E-state index is 11.8. The van der Waals surface area contributed by atoms with Crippen LogP contribution in [-0.4, -0.2) is 28.5 Å². The van der Waals surface area contributed by atoms with Crippen molar-refractivity contribution in [2.24, 2.45) is 5.73 Å². The van der Waals surface area contributed by atoms with E-state index in [9.17, 15) is 9.59 Å². The lowest BCUT2D eigenvalue weighted by Gasteiger charge is -2.09. The van der Waals surface area contributed by atoms with E-state index in [1.807, 2.05) is 5.38 Å². The summed E-state index contributed by atoms with van der Waals surface area (Å²) in [5.74, 6) is -0.599. The number of hydrogen-bond acceptors (Lipinski definition) is 5. The summed E-state index contributed by atoms with van der Waals surface area (Å²) in [6.45, 7) is 2.18. The van der Waals surface area contributed by atoms with Crippen LogP contribution >= 0.6 is 11.3 Å². The van der Waals surface area contributed by atoms with Crippen molar-refractivity contribution in [3.8, 4) is 0 Å². The number of primary amides is 1. The van der Waals surface area contributed by atoms with Gasteiger partial charge in [0.05, 0.1) is 16.4 Å². The van der Waals surface area contributed by atoms with Crippen LogP contribution in [0.25, 0.3) is 0 Å². The quantitative estimate of drug-likeness (QED) is 0.773. The minimum Gasteiger partial charge on any atom is -0.364 e. The molecule has 0 saturated carbocycles. The molecule has 21 heavy (non-hydrogen) atoms. The number of pyridine rings is 1. The summed E-state index contributed by atoms with van der Waals surface area (Å²) >= 11 is 1.55. The number of nitrogens with one attached hydrogen (secondary N) is 2. The number of anilines is 1. The zero-order valence-corrected chi connectivity index (χ0v) is 12.2. The van der Waals surface area contributed by atoms with E-state index >= 15 is 0 Å². The Morgan fingerprint density at radius 3 is 2.81 bits per heavy atom. The van der Waals surface area contributed by atoms with E-state index in [1.165, 1.54) is 6.07 Å². The molecular formula is C13H15N5O2S. The van der Waals surface area contributed by atoms with Crippen molar-refractivity contribution >= 4 is 29.0 Å². The number of urea groups is 1. The van der Waals surface area contributed by atoms with Gasteiger partial charge in [0.25, 0.3) is 5.91 Å². The molecule has 0 bridgehead atoms. The lowest BCUT2D eigenvalue weighted by Crippen LogP contribution is -2.30. The summed E-state index contributed by atoms with van der Waals surface area (Å²) in [5.41, 5.74) is 6.37. The van der Waals surface area contributed by atoms with Crippen LogP contribution < -0.4 is 16.4 Å². The molecule has 7 nitrogen and oxygen atoms in total. The Hall–Kier alpha value is -2.48. The maximum atomic E-state index is 11.8. The molecule has 0 aliphatic heterocycles. The maximum Gasteiger partial charge on any atom is 0.319 e. The molecule has 2 rings (SSSR count). The van der Waals surface area contributed by atoms with Crippen LogP contribution in [0.4, 0.5) is 10.5 Å². The Morgan fingerprint density at radius 1 is 1.38 bits per heavy atom. The van der Waals surface area contributed by atoms with Gasteiger partial charge in [-0.2, -0.15) is 0 Å². The summed E-state index contributed by atoms with van der Waals surface area (Å²) in [6, 6.07) is 2.74. The predicted octanol–water partition coefficient (Wildman–Crippen LogP) is 1.31. The molecule has 0 unspecified atom stereocenters. The lowest BCUT2D eigenvalue weighted by molar-refractivity contribution is 0.0995. The van der Waals surface area contributed by atoms with Crippen LogP contribution in [-0.2, 0) is 6.42 Å². The van der Waals surface area contributed by atoms with E-state index in [0.29, 0.717) is 24.3 Å². The predicted molar refractivity (Wildman–Crippen MR) is 80.3 cm³/mol. The number of nitrogens with zero attached hydrogens (tertiary/aromatic N) is 2. The Balaban J connectivity index is 1.86. The fraction of sp³-hybridized carbons (Fsp3) is 0.231. The Morgan fingerprint density at radius 2 is 2.19 bits per heavy atom. The van der Waals surface area contributed by atoms with Gasteiger partial charge in [-0.05, 0) is 19.1 Å². The highest BCUT2D eigenvalue weighted by atomic mass is 32.1. The van der Waals surface area contributed by atoms with E-state index in [4.69, 9.17) is 5.73 Å². The number of nitrogens with two attached hydrogens (primary N) is 1. The Labute approximate surface area is 125 Å². The highest BCUT2D eigenvalue weighted by Crippen LogP contribution is 2.12. The SMILES string of the molecule is Cc1nc(C(N)=O)ccc1NC(=O)NCCc1nccs1. The fourth-order valence-electron chi connectivity index (χ4n) is 1.66. The number of aryl methyl sites for hydroxylation is 1. The minimum absolute atomic E-state index is 0.169. The molecule has 4 N–H and O–H groups in total. The molecule has 0 atom stereocenters. The summed E-state index contributed by atoms with van der Waals surface area (Å²) in [6.07, 6.45) is 2.42. The van der Waals surface area contributed by atoms with Gasteiger partial charge in [-0.3, -0.25) is 4.79 Å². The van der Waals surface area contributed by atoms with E-state index in [2.05, 4.69) is 20.6 Å². The zero-order valence-electron chi connectivity index (χ0n) is 11.4. The van der Waals surface area contributed by atoms with Crippen molar-refractivity contribution in [2.45, 2.75) is 13.3 Å². The average molecular weight is 305 g/mol. The first-order chi connectivity index (χ1) is 10.1. The number of thiazole rings is 1. The molecule has 0 aliphatic rings. The molecule has 0 spiro atoms. The molecule has 110 valence electrons. The van der Waals surface area contributed by atoms with Crippen LogP contribution in [0.15, 0.2) is 23.7 Å². The van der Waals surface area contributed by atoms with Gasteiger partial charge in [-0.15, -0.1) is 11.3 Å². The largest absolute Gasteiger partial charge is 0.364 e. The molecule has 0 saturated heterocycles. The highest BCUT2D eigenvalue weighted by Gasteiger charge is 2.08. The first-order valence-electron chi connectivity index (χ1n) is 6.27. The average Bonchev–Trinajstić information content (AvgIpc) is 2.94. The Kier molecular flexibility index (Phi) is 4.83. The third-order valence-electron chi connectivity index (χ3n) is 2.69. The first-order valence-corrected chi connectivity index (χ1v) is 7.15. The van der Waals surface area contributed by atoms with Gasteiger partial charge in [0, 0.05) is 24.5 Å². The van der Waals surface area contributed by atoms with Gasteiger partial charge in [0.1, 0.15) is 5.69 Å². The molecule has 2 aromatic heterocycles. The van der Waals surface area contributed by atoms with Gasteiger partial charge in [-0.1, -0.05) is 0 Å². The van der Waals surface area contributed by atoms with E-state index in [0.717, 1.165) is 5.01 Å². The van der Waals surface area contributed by atoms with E-state index < -0.39 is 5.91 Å². The van der Waals surface area contributed by atoms with E-state index in [-0.39, 0.29) is 11.7 Å². The topological polar surface area (TPSA) is 110 Å². The number of carbonyl (C=O) groups excluding carboxylic acids is 2. The first kappa shape index (κ1) is 14.9. The number of aromatic nitrogens is 2. The van der Waals surface area contributed by atoms with Crippen molar-refractivity contribution in [3.05, 3.63) is 40.1 Å². The molecule has 0 fully saturated rings. The summed E-state index contributed by atoms with van der Waals surface area (Å²) in [4.78, 5) is 30.9.